The van der Waals surface area contributed by atoms with Gasteiger partial charge < -0.3 is 9.47 Å². The molecule has 0 spiro atoms. The molecule has 4 nitrogen and oxygen atoms in total. The molecule has 0 heterocycles. The Morgan fingerprint density at radius 3 is 2.00 bits per heavy atom. The molecular formula is C17H32O4. The summed E-state index contributed by atoms with van der Waals surface area (Å²) in [5.74, 6) is -0.568. The van der Waals surface area contributed by atoms with Crippen LogP contribution >= 0.6 is 0 Å². The average molecular weight is 300 g/mol. The maximum atomic E-state index is 11.5. The second-order valence-electron chi connectivity index (χ2n) is 5.53. The lowest BCUT2D eigenvalue weighted by Crippen LogP contribution is -2.17. The first-order valence-corrected chi connectivity index (χ1v) is 8.45. The SMILES string of the molecule is CCCCCCCCOC(=O)CC(=O)OCC(CC)CC. The number of rotatable bonds is 13. The van der Waals surface area contributed by atoms with E-state index in [-0.39, 0.29) is 6.42 Å². The van der Waals surface area contributed by atoms with Crippen molar-refractivity contribution < 1.29 is 19.1 Å². The number of carbonyl (C=O) groups excluding carboxylic acids is 2. The number of esters is 2. The van der Waals surface area contributed by atoms with E-state index < -0.39 is 11.9 Å². The average Bonchev–Trinajstić information content (AvgIpc) is 2.47. The van der Waals surface area contributed by atoms with Crippen LogP contribution in [-0.2, 0) is 19.1 Å². The fraction of sp³-hybridized carbons (Fsp3) is 0.882. The largest absolute Gasteiger partial charge is 0.465 e. The van der Waals surface area contributed by atoms with Crippen LogP contribution in [-0.4, -0.2) is 25.2 Å². The Bertz CT molecular complexity index is 272. The molecule has 0 rings (SSSR count). The molecule has 0 saturated heterocycles. The Morgan fingerprint density at radius 2 is 1.38 bits per heavy atom. The van der Waals surface area contributed by atoms with Gasteiger partial charge in [-0.15, -0.1) is 0 Å². The highest BCUT2D eigenvalue weighted by atomic mass is 16.6. The van der Waals surface area contributed by atoms with Gasteiger partial charge in [0.15, 0.2) is 0 Å². The van der Waals surface area contributed by atoms with Crippen molar-refractivity contribution in [3.8, 4) is 0 Å². The third-order valence-electron chi connectivity index (χ3n) is 3.68. The summed E-state index contributed by atoms with van der Waals surface area (Å²) in [5.41, 5.74) is 0. The maximum absolute atomic E-state index is 11.5. The molecule has 0 aromatic heterocycles. The lowest BCUT2D eigenvalue weighted by Gasteiger charge is -2.12. The smallest absolute Gasteiger partial charge is 0.317 e. The normalized spacial score (nSPS) is 10.7. The van der Waals surface area contributed by atoms with Gasteiger partial charge in [-0.2, -0.15) is 0 Å². The highest BCUT2D eigenvalue weighted by Gasteiger charge is 2.13. The molecule has 4 heteroatoms. The first kappa shape index (κ1) is 19.9. The van der Waals surface area contributed by atoms with Crippen molar-refractivity contribution in [1.29, 1.82) is 0 Å². The highest BCUT2D eigenvalue weighted by Crippen LogP contribution is 2.08. The van der Waals surface area contributed by atoms with E-state index in [9.17, 15) is 9.59 Å². The van der Waals surface area contributed by atoms with Crippen molar-refractivity contribution >= 4 is 11.9 Å². The van der Waals surface area contributed by atoms with Crippen molar-refractivity contribution in [2.45, 2.75) is 78.6 Å². The monoisotopic (exact) mass is 300 g/mol. The fourth-order valence-corrected chi connectivity index (χ4v) is 2.02. The summed E-state index contributed by atoms with van der Waals surface area (Å²) in [5, 5.41) is 0. The summed E-state index contributed by atoms with van der Waals surface area (Å²) in [7, 11) is 0. The summed E-state index contributed by atoms with van der Waals surface area (Å²) >= 11 is 0. The zero-order chi connectivity index (χ0) is 15.9. The van der Waals surface area contributed by atoms with E-state index in [0.717, 1.165) is 25.7 Å². The van der Waals surface area contributed by atoms with Crippen molar-refractivity contribution in [3.63, 3.8) is 0 Å². The van der Waals surface area contributed by atoms with E-state index in [4.69, 9.17) is 9.47 Å². The molecule has 0 aliphatic heterocycles. The lowest BCUT2D eigenvalue weighted by molar-refractivity contribution is -0.155. The number of carbonyl (C=O) groups is 2. The molecule has 0 fully saturated rings. The molecule has 0 aromatic carbocycles. The second kappa shape index (κ2) is 13.9. The van der Waals surface area contributed by atoms with Crippen molar-refractivity contribution in [2.75, 3.05) is 13.2 Å². The van der Waals surface area contributed by atoms with Crippen LogP contribution in [0.5, 0.6) is 0 Å². The van der Waals surface area contributed by atoms with Gasteiger partial charge in [0.1, 0.15) is 6.42 Å². The minimum Gasteiger partial charge on any atom is -0.465 e. The highest BCUT2D eigenvalue weighted by molar-refractivity contribution is 5.91. The Morgan fingerprint density at radius 1 is 0.810 bits per heavy atom. The van der Waals surface area contributed by atoms with Crippen LogP contribution in [0.4, 0.5) is 0 Å². The number of hydrogen-bond donors (Lipinski definition) is 0. The van der Waals surface area contributed by atoms with Crippen LogP contribution in [0.1, 0.15) is 78.6 Å². The summed E-state index contributed by atoms with van der Waals surface area (Å²) in [6.07, 6.45) is 8.56. The summed E-state index contributed by atoms with van der Waals surface area (Å²) in [6.45, 7) is 7.12. The van der Waals surface area contributed by atoms with Crippen molar-refractivity contribution in [3.05, 3.63) is 0 Å². The van der Waals surface area contributed by atoms with Crippen LogP contribution in [0.25, 0.3) is 0 Å². The summed E-state index contributed by atoms with van der Waals surface area (Å²) in [4.78, 5) is 22.9. The van der Waals surface area contributed by atoms with E-state index in [1.165, 1.54) is 25.7 Å². The molecule has 0 aliphatic carbocycles. The summed E-state index contributed by atoms with van der Waals surface area (Å²) < 4.78 is 10.1. The zero-order valence-corrected chi connectivity index (χ0v) is 14.0. The molecule has 0 N–H and O–H groups in total. The van der Waals surface area contributed by atoms with Crippen LogP contribution < -0.4 is 0 Å². The van der Waals surface area contributed by atoms with E-state index >= 15 is 0 Å². The molecule has 0 aromatic rings. The van der Waals surface area contributed by atoms with Gasteiger partial charge >= 0.3 is 11.9 Å². The van der Waals surface area contributed by atoms with E-state index in [1.54, 1.807) is 0 Å². The van der Waals surface area contributed by atoms with Gasteiger partial charge in [-0.3, -0.25) is 9.59 Å². The molecule has 0 unspecified atom stereocenters. The van der Waals surface area contributed by atoms with Crippen LogP contribution in [0.15, 0.2) is 0 Å². The number of hydrogen-bond acceptors (Lipinski definition) is 4. The maximum Gasteiger partial charge on any atom is 0.317 e. The molecule has 0 saturated carbocycles. The third kappa shape index (κ3) is 12.4. The van der Waals surface area contributed by atoms with Crippen LogP contribution in [0.3, 0.4) is 0 Å². The summed E-state index contributed by atoms with van der Waals surface area (Å²) in [6, 6.07) is 0. The van der Waals surface area contributed by atoms with Gasteiger partial charge in [-0.1, -0.05) is 65.7 Å². The van der Waals surface area contributed by atoms with Gasteiger partial charge in [0.2, 0.25) is 0 Å². The Hall–Kier alpha value is -1.06. The van der Waals surface area contributed by atoms with Crippen molar-refractivity contribution in [1.82, 2.24) is 0 Å². The Labute approximate surface area is 129 Å². The van der Waals surface area contributed by atoms with Gasteiger partial charge in [0.05, 0.1) is 13.2 Å². The molecular weight excluding hydrogens is 268 g/mol. The predicted octanol–water partition coefficient (Wildman–Crippen LogP) is 4.26. The quantitative estimate of drug-likeness (QED) is 0.290. The minimum absolute atomic E-state index is 0.268. The fourth-order valence-electron chi connectivity index (χ4n) is 2.02. The standard InChI is InChI=1S/C17H32O4/c1-4-7-8-9-10-11-12-20-16(18)13-17(19)21-14-15(5-2)6-3/h15H,4-14H2,1-3H3. The van der Waals surface area contributed by atoms with Gasteiger partial charge in [0.25, 0.3) is 0 Å². The van der Waals surface area contributed by atoms with Crippen LogP contribution in [0, 0.1) is 5.92 Å². The lowest BCUT2D eigenvalue weighted by atomic mass is 10.1. The number of unbranched alkanes of at least 4 members (excludes halogenated alkanes) is 5. The minimum atomic E-state index is -0.477. The second-order valence-corrected chi connectivity index (χ2v) is 5.53. The molecule has 0 amide bonds. The van der Waals surface area contributed by atoms with Crippen LogP contribution in [0.2, 0.25) is 0 Å². The third-order valence-corrected chi connectivity index (χ3v) is 3.68. The molecule has 0 aliphatic rings. The van der Waals surface area contributed by atoms with Crippen molar-refractivity contribution in [2.24, 2.45) is 5.92 Å². The predicted molar refractivity (Wildman–Crippen MR) is 84.0 cm³/mol. The Balaban J connectivity index is 3.53. The van der Waals surface area contributed by atoms with Gasteiger partial charge in [-0.05, 0) is 12.3 Å². The molecule has 0 atom stereocenters. The van der Waals surface area contributed by atoms with E-state index in [1.807, 2.05) is 0 Å². The van der Waals surface area contributed by atoms with Gasteiger partial charge in [0, 0.05) is 0 Å². The Kier molecular flexibility index (Phi) is 13.2. The van der Waals surface area contributed by atoms with E-state index in [2.05, 4.69) is 20.8 Å². The molecule has 0 radical (unpaired) electrons. The van der Waals surface area contributed by atoms with Gasteiger partial charge in [-0.25, -0.2) is 0 Å². The topological polar surface area (TPSA) is 52.6 Å². The first-order chi connectivity index (χ1) is 10.1. The van der Waals surface area contributed by atoms with E-state index in [0.29, 0.717) is 19.1 Å². The molecule has 124 valence electrons. The molecule has 0 bridgehead atoms. The molecule has 21 heavy (non-hydrogen) atoms. The number of ether oxygens (including phenoxy) is 2. The zero-order valence-electron chi connectivity index (χ0n) is 14.0. The first-order valence-electron chi connectivity index (χ1n) is 8.45.